The number of dihydropyridines is 1. The number of urea groups is 1. The van der Waals surface area contributed by atoms with Gasteiger partial charge in [-0.3, -0.25) is 19.4 Å². The molecule has 2 amide bonds. The second kappa shape index (κ2) is 20.4. The Hall–Kier alpha value is -5.56. The highest BCUT2D eigenvalue weighted by Crippen LogP contribution is 2.37. The van der Waals surface area contributed by atoms with Crippen LogP contribution in [-0.2, 0) is 29.2 Å². The predicted octanol–water partition coefficient (Wildman–Crippen LogP) is 7.24. The second-order valence-electron chi connectivity index (χ2n) is 14.0. The van der Waals surface area contributed by atoms with Gasteiger partial charge in [0.05, 0.1) is 24.3 Å². The average molecular weight is 768 g/mol. The molecule has 2 aromatic carbocycles. The summed E-state index contributed by atoms with van der Waals surface area (Å²) >= 11 is 0. The van der Waals surface area contributed by atoms with Crippen LogP contribution in [-0.4, -0.2) is 91.9 Å². The standard InChI is InChI=1S/C42H53N7O7/c1-5-54-40(51)42(36-13-7-6-8-14-36)21-24-47(25-22-42)27-35(33(4)50)28-48(29-53-26-23-44-46-43)41(52)49-32(3)12-10-15-38(49)34-17-19-37(20-18-34)55-30-56-39-16-9-11-31(2)45-39/h6-8,11-20,35,45H,5,9-10,21-30H2,1-4H3. The molecule has 14 nitrogen and oxygen atoms in total. The summed E-state index contributed by atoms with van der Waals surface area (Å²) in [5, 5.41) is 6.71. The van der Waals surface area contributed by atoms with E-state index >= 15 is 0 Å². The lowest BCUT2D eigenvalue weighted by Gasteiger charge is -2.41. The van der Waals surface area contributed by atoms with E-state index < -0.39 is 11.3 Å². The molecule has 1 atom stereocenters. The maximum absolute atomic E-state index is 14.6. The first kappa shape index (κ1) is 41.6. The van der Waals surface area contributed by atoms with Crippen molar-refractivity contribution in [1.82, 2.24) is 20.0 Å². The SMILES string of the molecule is CCOC(=O)C1(c2ccccc2)CCN(CC(CN(COCCN=[N+]=[N-])C(=O)N2C(C)=CCC=C2c2ccc(OCOC3=CCC=C(C)N3)cc2)C(C)=O)CC1. The van der Waals surface area contributed by atoms with Gasteiger partial charge in [-0.25, -0.2) is 4.79 Å². The van der Waals surface area contributed by atoms with Gasteiger partial charge in [-0.2, -0.15) is 0 Å². The maximum Gasteiger partial charge on any atom is 0.330 e. The Morgan fingerprint density at radius 3 is 2.39 bits per heavy atom. The molecule has 298 valence electrons. The zero-order valence-corrected chi connectivity index (χ0v) is 32.8. The normalized spacial score (nSPS) is 17.1. The number of nitrogens with zero attached hydrogens (tertiary/aromatic N) is 6. The fourth-order valence-electron chi connectivity index (χ4n) is 7.13. The topological polar surface area (TPSA) is 159 Å². The van der Waals surface area contributed by atoms with Crippen LogP contribution in [0.3, 0.4) is 0 Å². The smallest absolute Gasteiger partial charge is 0.330 e. The van der Waals surface area contributed by atoms with Crippen molar-refractivity contribution < 1.29 is 33.3 Å². The number of rotatable bonds is 18. The minimum absolute atomic E-state index is 0.0310. The lowest BCUT2D eigenvalue weighted by molar-refractivity contribution is -0.152. The van der Waals surface area contributed by atoms with Crippen LogP contribution in [0.2, 0.25) is 0 Å². The second-order valence-corrected chi connectivity index (χ2v) is 14.0. The first-order valence-electron chi connectivity index (χ1n) is 19.1. The van der Waals surface area contributed by atoms with Crippen LogP contribution in [0.1, 0.15) is 64.5 Å². The molecular weight excluding hydrogens is 715 g/mol. The van der Waals surface area contributed by atoms with Crippen LogP contribution in [0.25, 0.3) is 16.1 Å². The Labute approximate surface area is 329 Å². The Kier molecular flexibility index (Phi) is 15.1. The van der Waals surface area contributed by atoms with Crippen LogP contribution in [0.4, 0.5) is 4.79 Å². The first-order valence-corrected chi connectivity index (χ1v) is 19.1. The highest BCUT2D eigenvalue weighted by atomic mass is 16.7. The van der Waals surface area contributed by atoms with Crippen molar-refractivity contribution in [1.29, 1.82) is 0 Å². The number of benzene rings is 2. The molecule has 1 unspecified atom stereocenters. The van der Waals surface area contributed by atoms with Gasteiger partial charge in [0.25, 0.3) is 0 Å². The van der Waals surface area contributed by atoms with Gasteiger partial charge in [0.15, 0.2) is 5.88 Å². The summed E-state index contributed by atoms with van der Waals surface area (Å²) in [6.45, 7) is 9.27. The fourth-order valence-corrected chi connectivity index (χ4v) is 7.13. The summed E-state index contributed by atoms with van der Waals surface area (Å²) in [6.07, 6.45) is 10.5. The number of carbonyl (C=O) groups is 3. The summed E-state index contributed by atoms with van der Waals surface area (Å²) in [6, 6.07) is 16.8. The molecule has 0 bridgehead atoms. The van der Waals surface area contributed by atoms with Gasteiger partial charge in [-0.1, -0.05) is 53.7 Å². The highest BCUT2D eigenvalue weighted by molar-refractivity contribution is 5.89. The third kappa shape index (κ3) is 10.8. The van der Waals surface area contributed by atoms with E-state index in [1.807, 2.05) is 93.6 Å². The number of carbonyl (C=O) groups excluding carboxylic acids is 3. The molecule has 3 aliphatic rings. The van der Waals surface area contributed by atoms with Crippen molar-refractivity contribution in [2.24, 2.45) is 11.0 Å². The number of likely N-dealkylation sites (tertiary alicyclic amines) is 1. The number of hydrogen-bond acceptors (Lipinski definition) is 10. The van der Waals surface area contributed by atoms with E-state index in [1.54, 1.807) is 11.8 Å². The van der Waals surface area contributed by atoms with E-state index in [9.17, 15) is 14.4 Å². The van der Waals surface area contributed by atoms with E-state index in [-0.39, 0.29) is 51.0 Å². The van der Waals surface area contributed by atoms with Crippen LogP contribution in [0.15, 0.2) is 101 Å². The molecule has 0 aliphatic carbocycles. The summed E-state index contributed by atoms with van der Waals surface area (Å²) in [5.74, 6) is 0.432. The third-order valence-electron chi connectivity index (χ3n) is 10.3. The number of ether oxygens (including phenoxy) is 4. The molecule has 0 saturated carbocycles. The van der Waals surface area contributed by atoms with Crippen molar-refractivity contribution in [3.05, 3.63) is 118 Å². The monoisotopic (exact) mass is 767 g/mol. The number of azide groups is 1. The zero-order valence-electron chi connectivity index (χ0n) is 32.8. The Balaban J connectivity index is 1.29. The van der Waals surface area contributed by atoms with Gasteiger partial charge in [0.2, 0.25) is 6.79 Å². The van der Waals surface area contributed by atoms with Crippen LogP contribution < -0.4 is 10.1 Å². The molecule has 1 saturated heterocycles. The van der Waals surface area contributed by atoms with Crippen LogP contribution in [0.5, 0.6) is 5.75 Å². The van der Waals surface area contributed by atoms with Crippen molar-refractivity contribution in [3.8, 4) is 5.75 Å². The largest absolute Gasteiger partial charge is 0.465 e. The van der Waals surface area contributed by atoms with E-state index in [4.69, 9.17) is 24.5 Å². The van der Waals surface area contributed by atoms with Crippen molar-refractivity contribution in [2.75, 3.05) is 59.5 Å². The molecular formula is C42H53N7O7. The summed E-state index contributed by atoms with van der Waals surface area (Å²) in [4.78, 5) is 49.4. The van der Waals surface area contributed by atoms with E-state index in [2.05, 4.69) is 26.3 Å². The van der Waals surface area contributed by atoms with Crippen LogP contribution in [0, 0.1) is 5.92 Å². The van der Waals surface area contributed by atoms with Gasteiger partial charge in [-0.05, 0) is 113 Å². The van der Waals surface area contributed by atoms with Crippen molar-refractivity contribution in [2.45, 2.75) is 58.8 Å². The van der Waals surface area contributed by atoms with E-state index in [1.165, 1.54) is 4.90 Å². The molecule has 14 heteroatoms. The predicted molar refractivity (Wildman–Crippen MR) is 212 cm³/mol. The number of esters is 1. The Bertz CT molecular complexity index is 1840. The number of nitrogens with one attached hydrogen (secondary N) is 1. The summed E-state index contributed by atoms with van der Waals surface area (Å²) in [7, 11) is 0. The number of amides is 2. The minimum Gasteiger partial charge on any atom is -0.465 e. The molecule has 0 aromatic heterocycles. The molecule has 3 aliphatic heterocycles. The lowest BCUT2D eigenvalue weighted by Crippen LogP contribution is -2.51. The van der Waals surface area contributed by atoms with Gasteiger partial charge in [0, 0.05) is 41.9 Å². The number of ketones is 1. The minimum atomic E-state index is -0.762. The number of allylic oxidation sites excluding steroid dienone is 6. The lowest BCUT2D eigenvalue weighted by atomic mass is 9.72. The molecule has 1 fully saturated rings. The maximum atomic E-state index is 14.6. The van der Waals surface area contributed by atoms with Gasteiger partial charge in [0.1, 0.15) is 18.3 Å². The number of piperidine rings is 1. The molecule has 2 aromatic rings. The van der Waals surface area contributed by atoms with Gasteiger partial charge in [-0.15, -0.1) is 0 Å². The van der Waals surface area contributed by atoms with Gasteiger partial charge >= 0.3 is 12.0 Å². The molecule has 56 heavy (non-hydrogen) atoms. The van der Waals surface area contributed by atoms with E-state index in [0.717, 1.165) is 28.9 Å². The quantitative estimate of drug-likeness (QED) is 0.0412. The number of hydrogen-bond donors (Lipinski definition) is 1. The Morgan fingerprint density at radius 1 is 0.982 bits per heavy atom. The van der Waals surface area contributed by atoms with Crippen molar-refractivity contribution >= 4 is 23.5 Å². The molecule has 1 N–H and O–H groups in total. The molecule has 0 radical (unpaired) electrons. The van der Waals surface area contributed by atoms with Crippen molar-refractivity contribution in [3.63, 3.8) is 0 Å². The first-order chi connectivity index (χ1) is 27.1. The average Bonchev–Trinajstić information content (AvgIpc) is 3.20. The Morgan fingerprint density at radius 2 is 1.71 bits per heavy atom. The van der Waals surface area contributed by atoms with E-state index in [0.29, 0.717) is 62.8 Å². The summed E-state index contributed by atoms with van der Waals surface area (Å²) in [5.41, 5.74) is 12.2. The molecule has 3 heterocycles. The molecule has 5 rings (SSSR count). The summed E-state index contributed by atoms with van der Waals surface area (Å²) < 4.78 is 23.0. The molecule has 0 spiro atoms. The number of Topliss-reactive ketones (excluding diaryl/α,β-unsaturated/α-hetero) is 1. The zero-order chi connectivity index (χ0) is 39.9. The van der Waals surface area contributed by atoms with Gasteiger partial charge < -0.3 is 29.2 Å². The highest BCUT2D eigenvalue weighted by Gasteiger charge is 2.44. The third-order valence-corrected chi connectivity index (χ3v) is 10.3. The fraction of sp³-hybridized carbons (Fsp3) is 0.452. The van der Waals surface area contributed by atoms with Crippen LogP contribution >= 0.6 is 0 Å².